The first-order chi connectivity index (χ1) is 10.2. The van der Waals surface area contributed by atoms with Crippen molar-refractivity contribution < 1.29 is 14.3 Å². The van der Waals surface area contributed by atoms with Crippen molar-refractivity contribution in [2.45, 2.75) is 11.7 Å². The summed E-state index contributed by atoms with van der Waals surface area (Å²) in [5.41, 5.74) is 1.39. The number of hydrogen-bond donors (Lipinski definition) is 1. The number of aromatic amines is 1. The van der Waals surface area contributed by atoms with Gasteiger partial charge in [0.25, 0.3) is 5.91 Å². The highest BCUT2D eigenvalue weighted by atomic mass is 32.2. The largest absolute Gasteiger partial charge is 0.493 e. The lowest BCUT2D eigenvalue weighted by Crippen LogP contribution is -2.24. The molecule has 1 aromatic heterocycles. The summed E-state index contributed by atoms with van der Waals surface area (Å²) in [6.07, 6.45) is 1.88. The Balaban J connectivity index is 2.02. The summed E-state index contributed by atoms with van der Waals surface area (Å²) < 4.78 is 10.6. The van der Waals surface area contributed by atoms with Crippen LogP contribution in [0.15, 0.2) is 17.3 Å². The van der Waals surface area contributed by atoms with Crippen molar-refractivity contribution in [3.05, 3.63) is 23.3 Å². The Morgan fingerprint density at radius 2 is 2.14 bits per heavy atom. The number of methoxy groups -OCH3 is 2. The molecule has 0 atom stereocenters. The molecule has 1 N–H and O–H groups in total. The zero-order valence-corrected chi connectivity index (χ0v) is 12.7. The van der Waals surface area contributed by atoms with Gasteiger partial charge in [0.2, 0.25) is 11.1 Å². The second kappa shape index (κ2) is 5.28. The van der Waals surface area contributed by atoms with Crippen LogP contribution in [0.3, 0.4) is 0 Å². The molecule has 8 heteroatoms. The highest BCUT2D eigenvalue weighted by Gasteiger charge is 2.35. The van der Waals surface area contributed by atoms with E-state index < -0.39 is 0 Å². The van der Waals surface area contributed by atoms with E-state index in [0.717, 1.165) is 5.56 Å². The topological polar surface area (TPSA) is 80.3 Å². The fourth-order valence-corrected chi connectivity index (χ4v) is 2.65. The number of thioether (sulfide) groups is 1. The maximum atomic E-state index is 12.6. The zero-order valence-electron chi connectivity index (χ0n) is 11.8. The summed E-state index contributed by atoms with van der Waals surface area (Å²) in [6.45, 7) is 0.428. The minimum absolute atomic E-state index is 0.176. The molecule has 0 radical (unpaired) electrons. The van der Waals surface area contributed by atoms with Gasteiger partial charge in [0.05, 0.1) is 26.3 Å². The molecule has 3 rings (SSSR count). The van der Waals surface area contributed by atoms with E-state index in [2.05, 4.69) is 15.2 Å². The molecule has 0 aliphatic carbocycles. The summed E-state index contributed by atoms with van der Waals surface area (Å²) in [5, 5.41) is 7.41. The Kier molecular flexibility index (Phi) is 3.46. The second-order valence-corrected chi connectivity index (χ2v) is 5.15. The first-order valence-corrected chi connectivity index (χ1v) is 7.44. The molecule has 110 valence electrons. The molecule has 21 heavy (non-hydrogen) atoms. The third kappa shape index (κ3) is 2.11. The third-order valence-electron chi connectivity index (χ3n) is 3.31. The number of ether oxygens (including phenoxy) is 2. The number of carbonyl (C=O) groups is 1. The third-order valence-corrected chi connectivity index (χ3v) is 3.86. The monoisotopic (exact) mass is 306 g/mol. The molecular formula is C13H14N4O3S. The SMILES string of the molecule is COc1ccc2c(c1OC)C(=O)N(c1nc(SC)n[nH]1)C2. The molecule has 0 saturated carbocycles. The molecule has 0 spiro atoms. The van der Waals surface area contributed by atoms with Crippen LogP contribution in [0.25, 0.3) is 0 Å². The van der Waals surface area contributed by atoms with E-state index in [4.69, 9.17) is 9.47 Å². The molecule has 2 aromatic rings. The van der Waals surface area contributed by atoms with Crippen LogP contribution in [0, 0.1) is 0 Å². The Labute approximate surface area is 125 Å². The van der Waals surface area contributed by atoms with Crippen molar-refractivity contribution in [2.24, 2.45) is 0 Å². The minimum Gasteiger partial charge on any atom is -0.493 e. The average Bonchev–Trinajstić information content (AvgIpc) is 3.11. The fraction of sp³-hybridized carbons (Fsp3) is 0.308. The Hall–Kier alpha value is -2.22. The number of benzene rings is 1. The first-order valence-electron chi connectivity index (χ1n) is 6.21. The van der Waals surface area contributed by atoms with Gasteiger partial charge in [-0.2, -0.15) is 4.98 Å². The van der Waals surface area contributed by atoms with Gasteiger partial charge in [-0.25, -0.2) is 5.10 Å². The highest BCUT2D eigenvalue weighted by molar-refractivity contribution is 7.98. The van der Waals surface area contributed by atoms with E-state index in [9.17, 15) is 4.79 Å². The van der Waals surface area contributed by atoms with Gasteiger partial charge in [0, 0.05) is 0 Å². The molecule has 0 unspecified atom stereocenters. The van der Waals surface area contributed by atoms with Gasteiger partial charge in [-0.05, 0) is 17.9 Å². The van der Waals surface area contributed by atoms with Gasteiger partial charge in [-0.1, -0.05) is 17.8 Å². The molecule has 0 saturated heterocycles. The van der Waals surface area contributed by atoms with E-state index in [1.807, 2.05) is 12.3 Å². The molecule has 1 amide bonds. The number of anilines is 1. The quantitative estimate of drug-likeness (QED) is 0.866. The maximum Gasteiger partial charge on any atom is 0.265 e. The van der Waals surface area contributed by atoms with Crippen LogP contribution in [0.4, 0.5) is 5.95 Å². The van der Waals surface area contributed by atoms with E-state index in [-0.39, 0.29) is 5.91 Å². The number of H-pyrrole nitrogens is 1. The van der Waals surface area contributed by atoms with E-state index in [0.29, 0.717) is 34.7 Å². The number of carbonyl (C=O) groups excluding carboxylic acids is 1. The van der Waals surface area contributed by atoms with Crippen molar-refractivity contribution in [2.75, 3.05) is 25.4 Å². The summed E-state index contributed by atoms with van der Waals surface area (Å²) >= 11 is 1.41. The van der Waals surface area contributed by atoms with Crippen molar-refractivity contribution in [3.63, 3.8) is 0 Å². The standard InChI is InChI=1S/C13H14N4O3S/c1-19-8-5-4-7-6-17(11(18)9(7)10(8)20-2)12-14-13(21-3)16-15-12/h4-5H,6H2,1-3H3,(H,14,15,16). The van der Waals surface area contributed by atoms with Gasteiger partial charge in [0.15, 0.2) is 11.5 Å². The van der Waals surface area contributed by atoms with Gasteiger partial charge in [0.1, 0.15) is 0 Å². The predicted molar refractivity (Wildman–Crippen MR) is 78.2 cm³/mol. The fourth-order valence-electron chi connectivity index (χ4n) is 2.33. The lowest BCUT2D eigenvalue weighted by atomic mass is 10.1. The van der Waals surface area contributed by atoms with Crippen LogP contribution in [-0.2, 0) is 6.54 Å². The van der Waals surface area contributed by atoms with Gasteiger partial charge in [-0.15, -0.1) is 5.10 Å². The van der Waals surface area contributed by atoms with Gasteiger partial charge < -0.3 is 9.47 Å². The van der Waals surface area contributed by atoms with Gasteiger partial charge >= 0.3 is 0 Å². The highest BCUT2D eigenvalue weighted by Crippen LogP contribution is 2.39. The minimum atomic E-state index is -0.176. The number of nitrogens with zero attached hydrogens (tertiary/aromatic N) is 3. The molecule has 0 bridgehead atoms. The lowest BCUT2D eigenvalue weighted by molar-refractivity contribution is 0.0992. The van der Waals surface area contributed by atoms with Crippen LogP contribution in [-0.4, -0.2) is 41.6 Å². The Bertz CT molecular complexity index is 701. The normalized spacial score (nSPS) is 13.5. The second-order valence-electron chi connectivity index (χ2n) is 4.37. The summed E-state index contributed by atoms with van der Waals surface area (Å²) in [5.74, 6) is 1.24. The zero-order chi connectivity index (χ0) is 15.0. The number of nitrogens with one attached hydrogen (secondary N) is 1. The number of fused-ring (bicyclic) bond motifs is 1. The Morgan fingerprint density at radius 1 is 1.33 bits per heavy atom. The van der Waals surface area contributed by atoms with Crippen molar-refractivity contribution in [1.29, 1.82) is 0 Å². The van der Waals surface area contributed by atoms with Crippen molar-refractivity contribution >= 4 is 23.6 Å². The van der Waals surface area contributed by atoms with Gasteiger partial charge in [-0.3, -0.25) is 9.69 Å². The van der Waals surface area contributed by atoms with E-state index >= 15 is 0 Å². The Morgan fingerprint density at radius 3 is 2.76 bits per heavy atom. The van der Waals surface area contributed by atoms with E-state index in [1.165, 1.54) is 18.9 Å². The molecular weight excluding hydrogens is 292 g/mol. The maximum absolute atomic E-state index is 12.6. The summed E-state index contributed by atoms with van der Waals surface area (Å²) in [6, 6.07) is 3.66. The van der Waals surface area contributed by atoms with Crippen LogP contribution < -0.4 is 14.4 Å². The molecule has 0 fully saturated rings. The van der Waals surface area contributed by atoms with Crippen LogP contribution in [0.1, 0.15) is 15.9 Å². The van der Waals surface area contributed by atoms with Crippen LogP contribution >= 0.6 is 11.8 Å². The summed E-state index contributed by atoms with van der Waals surface area (Å²) in [4.78, 5) is 18.5. The molecule has 1 aromatic carbocycles. The molecule has 7 nitrogen and oxygen atoms in total. The van der Waals surface area contributed by atoms with Crippen molar-refractivity contribution in [1.82, 2.24) is 15.2 Å². The van der Waals surface area contributed by atoms with E-state index in [1.54, 1.807) is 18.1 Å². The lowest BCUT2D eigenvalue weighted by Gasteiger charge is -2.11. The number of hydrogen-bond acceptors (Lipinski definition) is 6. The number of rotatable bonds is 4. The number of aromatic nitrogens is 3. The first kappa shape index (κ1) is 13.7. The molecule has 1 aliphatic heterocycles. The van der Waals surface area contributed by atoms with Crippen LogP contribution in [0.2, 0.25) is 0 Å². The van der Waals surface area contributed by atoms with Crippen molar-refractivity contribution in [3.8, 4) is 11.5 Å². The average molecular weight is 306 g/mol. The predicted octanol–water partition coefficient (Wildman–Crippen LogP) is 1.70. The molecule has 1 aliphatic rings. The smallest absolute Gasteiger partial charge is 0.265 e. The molecule has 2 heterocycles. The van der Waals surface area contributed by atoms with Crippen LogP contribution in [0.5, 0.6) is 11.5 Å². The summed E-state index contributed by atoms with van der Waals surface area (Å²) in [7, 11) is 3.07. The number of amides is 1.